The normalized spacial score (nSPS) is 17.2. The van der Waals surface area contributed by atoms with Crippen molar-refractivity contribution in [1.82, 2.24) is 4.90 Å². The first-order chi connectivity index (χ1) is 11.1. The Morgan fingerprint density at radius 1 is 1.08 bits per heavy atom. The fraction of sp³-hybridized carbons (Fsp3) is 0.562. The molecule has 1 saturated heterocycles. The summed E-state index contributed by atoms with van der Waals surface area (Å²) in [5, 5.41) is 0. The van der Waals surface area contributed by atoms with E-state index in [1.54, 1.807) is 6.07 Å². The van der Waals surface area contributed by atoms with E-state index < -0.39 is 36.7 Å². The maximum atomic E-state index is 12.7. The van der Waals surface area contributed by atoms with E-state index in [9.17, 15) is 31.1 Å². The fourth-order valence-electron chi connectivity index (χ4n) is 2.84. The molecule has 8 heteroatoms. The molecule has 0 N–H and O–H groups in total. The predicted molar refractivity (Wildman–Crippen MR) is 75.3 cm³/mol. The minimum Gasteiger partial charge on any atom is -0.343 e. The Balaban J connectivity index is 1.92. The lowest BCUT2D eigenvalue weighted by molar-refractivity contribution is -0.149. The minimum absolute atomic E-state index is 0.126. The third-order valence-electron chi connectivity index (χ3n) is 4.16. The van der Waals surface area contributed by atoms with Crippen LogP contribution in [-0.2, 0) is 11.0 Å². The van der Waals surface area contributed by atoms with Gasteiger partial charge in [-0.15, -0.1) is 0 Å². The van der Waals surface area contributed by atoms with Crippen molar-refractivity contribution in [3.05, 3.63) is 35.4 Å². The lowest BCUT2D eigenvalue weighted by atomic mass is 9.88. The summed E-state index contributed by atoms with van der Waals surface area (Å²) >= 11 is 0. The average molecular weight is 353 g/mol. The number of halogens is 6. The van der Waals surface area contributed by atoms with E-state index >= 15 is 0 Å². The zero-order valence-electron chi connectivity index (χ0n) is 12.8. The predicted octanol–water partition coefficient (Wildman–Crippen LogP) is 4.75. The van der Waals surface area contributed by atoms with Crippen LogP contribution in [0.2, 0.25) is 0 Å². The Kier molecular flexibility index (Phi) is 5.45. The van der Waals surface area contributed by atoms with Crippen LogP contribution in [-0.4, -0.2) is 30.1 Å². The highest BCUT2D eigenvalue weighted by Crippen LogP contribution is 2.34. The monoisotopic (exact) mass is 353 g/mol. The van der Waals surface area contributed by atoms with Gasteiger partial charge in [0.25, 0.3) is 0 Å². The molecule has 2 nitrogen and oxygen atoms in total. The molecule has 0 saturated carbocycles. The van der Waals surface area contributed by atoms with Crippen molar-refractivity contribution in [3.8, 4) is 0 Å². The second kappa shape index (κ2) is 7.03. The Morgan fingerprint density at radius 2 is 1.71 bits per heavy atom. The Bertz CT molecular complexity index is 573. The molecule has 1 aliphatic heterocycles. The SMILES string of the molecule is O=C(CCC(F)(F)F)N1CCC(c2cccc(C(F)(F)F)c2)CC1. The first-order valence-corrected chi connectivity index (χ1v) is 7.58. The molecule has 0 bridgehead atoms. The van der Waals surface area contributed by atoms with E-state index in [1.165, 1.54) is 11.0 Å². The maximum Gasteiger partial charge on any atom is 0.416 e. The van der Waals surface area contributed by atoms with Gasteiger partial charge in [-0.25, -0.2) is 0 Å². The van der Waals surface area contributed by atoms with Crippen LogP contribution in [0, 0.1) is 0 Å². The Hall–Kier alpha value is -1.73. The molecule has 1 aromatic carbocycles. The summed E-state index contributed by atoms with van der Waals surface area (Å²) in [5.74, 6) is -0.686. The van der Waals surface area contributed by atoms with Gasteiger partial charge in [0.1, 0.15) is 0 Å². The quantitative estimate of drug-likeness (QED) is 0.718. The molecule has 24 heavy (non-hydrogen) atoms. The lowest BCUT2D eigenvalue weighted by Gasteiger charge is -2.32. The van der Waals surface area contributed by atoms with Gasteiger partial charge in [0, 0.05) is 19.5 Å². The van der Waals surface area contributed by atoms with Crippen molar-refractivity contribution in [2.45, 2.75) is 44.0 Å². The first-order valence-electron chi connectivity index (χ1n) is 7.58. The number of carbonyl (C=O) groups is 1. The highest BCUT2D eigenvalue weighted by atomic mass is 19.4. The van der Waals surface area contributed by atoms with Crippen LogP contribution in [0.4, 0.5) is 26.3 Å². The molecule has 1 amide bonds. The number of piperidine rings is 1. The number of amides is 1. The molecule has 134 valence electrons. The zero-order valence-corrected chi connectivity index (χ0v) is 12.8. The molecular formula is C16H17F6NO. The fourth-order valence-corrected chi connectivity index (χ4v) is 2.84. The van der Waals surface area contributed by atoms with Crippen molar-refractivity contribution in [1.29, 1.82) is 0 Å². The second-order valence-corrected chi connectivity index (χ2v) is 5.89. The highest BCUT2D eigenvalue weighted by molar-refractivity contribution is 5.76. The highest BCUT2D eigenvalue weighted by Gasteiger charge is 2.32. The standard InChI is InChI=1S/C16H17F6NO/c17-15(18,19)7-4-14(24)23-8-5-11(6-9-23)12-2-1-3-13(10-12)16(20,21)22/h1-3,10-11H,4-9H2. The van der Waals surface area contributed by atoms with Gasteiger partial charge in [0.2, 0.25) is 5.91 Å². The lowest BCUT2D eigenvalue weighted by Crippen LogP contribution is -2.38. The van der Waals surface area contributed by atoms with Crippen LogP contribution in [0.15, 0.2) is 24.3 Å². The van der Waals surface area contributed by atoms with E-state index in [4.69, 9.17) is 0 Å². The number of hydrogen-bond acceptors (Lipinski definition) is 1. The summed E-state index contributed by atoms with van der Waals surface area (Å²) in [7, 11) is 0. The molecule has 1 fully saturated rings. The van der Waals surface area contributed by atoms with Crippen LogP contribution >= 0.6 is 0 Å². The van der Waals surface area contributed by atoms with Crippen LogP contribution in [0.25, 0.3) is 0 Å². The molecule has 1 heterocycles. The molecule has 0 aliphatic carbocycles. The summed E-state index contributed by atoms with van der Waals surface area (Å²) in [4.78, 5) is 13.1. The average Bonchev–Trinajstić information content (AvgIpc) is 2.51. The zero-order chi connectivity index (χ0) is 18.0. The van der Waals surface area contributed by atoms with E-state index in [2.05, 4.69) is 0 Å². The van der Waals surface area contributed by atoms with E-state index in [-0.39, 0.29) is 19.0 Å². The number of carbonyl (C=O) groups excluding carboxylic acids is 1. The number of alkyl halides is 6. The van der Waals surface area contributed by atoms with Crippen molar-refractivity contribution in [2.24, 2.45) is 0 Å². The number of rotatable bonds is 3. The maximum absolute atomic E-state index is 12.7. The van der Waals surface area contributed by atoms with Gasteiger partial charge >= 0.3 is 12.4 Å². The third-order valence-corrected chi connectivity index (χ3v) is 4.16. The number of hydrogen-bond donors (Lipinski definition) is 0. The van der Waals surface area contributed by atoms with Gasteiger partial charge in [0.05, 0.1) is 12.0 Å². The van der Waals surface area contributed by atoms with Gasteiger partial charge in [-0.1, -0.05) is 18.2 Å². The van der Waals surface area contributed by atoms with Crippen LogP contribution in [0.1, 0.15) is 42.7 Å². The van der Waals surface area contributed by atoms with Crippen LogP contribution in [0.3, 0.4) is 0 Å². The summed E-state index contributed by atoms with van der Waals surface area (Å²) < 4.78 is 74.6. The van der Waals surface area contributed by atoms with Crippen LogP contribution in [0.5, 0.6) is 0 Å². The topological polar surface area (TPSA) is 20.3 Å². The summed E-state index contributed by atoms with van der Waals surface area (Å²) in [6.45, 7) is 0.523. The van der Waals surface area contributed by atoms with E-state index in [0.717, 1.165) is 12.1 Å². The molecule has 0 aromatic heterocycles. The van der Waals surface area contributed by atoms with Crippen molar-refractivity contribution in [2.75, 3.05) is 13.1 Å². The molecule has 1 aromatic rings. The van der Waals surface area contributed by atoms with Crippen molar-refractivity contribution >= 4 is 5.91 Å². The summed E-state index contributed by atoms with van der Waals surface area (Å²) in [6.07, 6.45) is -9.63. The second-order valence-electron chi connectivity index (χ2n) is 5.89. The molecule has 0 atom stereocenters. The smallest absolute Gasteiger partial charge is 0.343 e. The van der Waals surface area contributed by atoms with E-state index in [0.29, 0.717) is 18.4 Å². The molecule has 0 spiro atoms. The summed E-state index contributed by atoms with van der Waals surface area (Å²) in [5.41, 5.74) is -0.170. The number of benzene rings is 1. The first kappa shape index (κ1) is 18.6. The Morgan fingerprint density at radius 3 is 2.25 bits per heavy atom. The molecule has 1 aliphatic rings. The summed E-state index contributed by atoms with van der Waals surface area (Å²) in [6, 6.07) is 5.06. The molecule has 0 radical (unpaired) electrons. The van der Waals surface area contributed by atoms with E-state index in [1.807, 2.05) is 0 Å². The van der Waals surface area contributed by atoms with Gasteiger partial charge in [-0.3, -0.25) is 4.79 Å². The largest absolute Gasteiger partial charge is 0.416 e. The van der Waals surface area contributed by atoms with Gasteiger partial charge in [0.15, 0.2) is 0 Å². The number of nitrogens with zero attached hydrogens (tertiary/aromatic N) is 1. The van der Waals surface area contributed by atoms with Crippen molar-refractivity contribution < 1.29 is 31.1 Å². The molecule has 0 unspecified atom stereocenters. The number of likely N-dealkylation sites (tertiary alicyclic amines) is 1. The molecule has 2 rings (SSSR count). The van der Waals surface area contributed by atoms with Crippen LogP contribution < -0.4 is 0 Å². The van der Waals surface area contributed by atoms with Gasteiger partial charge in [-0.05, 0) is 30.4 Å². The minimum atomic E-state index is -4.41. The Labute approximate surface area is 135 Å². The molecular weight excluding hydrogens is 336 g/mol. The third kappa shape index (κ3) is 5.14. The van der Waals surface area contributed by atoms with Gasteiger partial charge < -0.3 is 4.90 Å². The van der Waals surface area contributed by atoms with Crippen molar-refractivity contribution in [3.63, 3.8) is 0 Å². The van der Waals surface area contributed by atoms with Gasteiger partial charge in [-0.2, -0.15) is 26.3 Å².